The summed E-state index contributed by atoms with van der Waals surface area (Å²) in [7, 11) is 0. The summed E-state index contributed by atoms with van der Waals surface area (Å²) < 4.78 is 32.3. The average molecular weight is 242 g/mol. The lowest BCUT2D eigenvalue weighted by Gasteiger charge is -2.08. The van der Waals surface area contributed by atoms with Gasteiger partial charge in [-0.15, -0.1) is 0 Å². The maximum Gasteiger partial charge on any atom is 0.387 e. The first kappa shape index (κ1) is 12.0. The molecule has 92 valence electrons. The van der Waals surface area contributed by atoms with Crippen molar-refractivity contribution in [3.8, 4) is 5.75 Å². The zero-order valence-corrected chi connectivity index (χ0v) is 9.01. The summed E-state index contributed by atoms with van der Waals surface area (Å²) in [5.74, 6) is 1.06. The van der Waals surface area contributed by atoms with Crippen LogP contribution in [0.3, 0.4) is 0 Å². The Morgan fingerprint density at radius 2 is 2.00 bits per heavy atom. The van der Waals surface area contributed by atoms with E-state index in [0.29, 0.717) is 11.8 Å². The molecule has 2 unspecified atom stereocenters. The summed E-state index contributed by atoms with van der Waals surface area (Å²) in [6.07, 6.45) is 2.72. The molecule has 0 aromatic heterocycles. The molecule has 2 atom stereocenters. The third-order valence-corrected chi connectivity index (χ3v) is 2.62. The Morgan fingerprint density at radius 3 is 2.29 bits per heavy atom. The van der Waals surface area contributed by atoms with Crippen molar-refractivity contribution in [3.05, 3.63) is 29.8 Å². The van der Waals surface area contributed by atoms with Crippen molar-refractivity contribution >= 4 is 6.29 Å². The molecular weight excluding hydrogens is 230 g/mol. The van der Waals surface area contributed by atoms with Crippen LogP contribution in [-0.4, -0.2) is 25.6 Å². The molecule has 1 aliphatic heterocycles. The molecule has 3 rings (SSSR count). The normalized spacial score (nSPS) is 23.9. The number of rotatable bonds is 3. The lowest BCUT2D eigenvalue weighted by Crippen LogP contribution is -2.12. The van der Waals surface area contributed by atoms with E-state index in [1.54, 1.807) is 0 Å². The van der Waals surface area contributed by atoms with Crippen molar-refractivity contribution in [2.24, 2.45) is 5.92 Å². The van der Waals surface area contributed by atoms with Gasteiger partial charge in [0.2, 0.25) is 0 Å². The standard InChI is InChI=1S/C8H6F2O2.C4H6O/c9-8(10)12-7-3-1-6(5-11)2-4-7;1-3-2-5-4(1)3/h1-5,8H;3-4H,1-2H2. The van der Waals surface area contributed by atoms with Gasteiger partial charge in [0.05, 0.1) is 12.7 Å². The number of hydrogen-bond acceptors (Lipinski definition) is 3. The molecule has 1 saturated carbocycles. The molecule has 5 heteroatoms. The average Bonchev–Trinajstić information content (AvgIpc) is 2.87. The first-order valence-electron chi connectivity index (χ1n) is 5.30. The zero-order chi connectivity index (χ0) is 12.3. The minimum atomic E-state index is -2.83. The summed E-state index contributed by atoms with van der Waals surface area (Å²) in [6.45, 7) is -1.77. The number of benzene rings is 1. The van der Waals surface area contributed by atoms with Crippen molar-refractivity contribution in [2.45, 2.75) is 19.1 Å². The fraction of sp³-hybridized carbons (Fsp3) is 0.417. The number of ether oxygens (including phenoxy) is 2. The van der Waals surface area contributed by atoms with E-state index >= 15 is 0 Å². The van der Waals surface area contributed by atoms with Gasteiger partial charge in [-0.2, -0.15) is 8.78 Å². The molecule has 1 aliphatic carbocycles. The van der Waals surface area contributed by atoms with E-state index in [9.17, 15) is 13.6 Å². The van der Waals surface area contributed by atoms with Crippen molar-refractivity contribution in [3.63, 3.8) is 0 Å². The summed E-state index contributed by atoms with van der Waals surface area (Å²) >= 11 is 0. The maximum atomic E-state index is 11.6. The van der Waals surface area contributed by atoms with Gasteiger partial charge in [-0.1, -0.05) is 0 Å². The van der Waals surface area contributed by atoms with Gasteiger partial charge in [0.25, 0.3) is 0 Å². The number of carbonyl (C=O) groups excluding carboxylic acids is 1. The van der Waals surface area contributed by atoms with E-state index in [1.165, 1.54) is 30.7 Å². The second-order valence-corrected chi connectivity index (χ2v) is 3.93. The Labute approximate surface area is 97.3 Å². The third kappa shape index (κ3) is 3.49. The van der Waals surface area contributed by atoms with Gasteiger partial charge in [-0.3, -0.25) is 4.79 Å². The van der Waals surface area contributed by atoms with E-state index in [1.807, 2.05) is 0 Å². The number of halogens is 2. The molecule has 1 saturated heterocycles. The van der Waals surface area contributed by atoms with Crippen molar-refractivity contribution in [1.82, 2.24) is 0 Å². The SMILES string of the molecule is C1OC2CC12.O=Cc1ccc(OC(F)F)cc1. The van der Waals surface area contributed by atoms with Crippen LogP contribution in [0.1, 0.15) is 16.8 Å². The fourth-order valence-corrected chi connectivity index (χ4v) is 1.45. The highest BCUT2D eigenvalue weighted by molar-refractivity contribution is 5.74. The molecule has 0 spiro atoms. The third-order valence-electron chi connectivity index (χ3n) is 2.62. The van der Waals surface area contributed by atoms with Crippen molar-refractivity contribution in [2.75, 3.05) is 6.61 Å². The number of aldehydes is 1. The second kappa shape index (κ2) is 5.23. The first-order valence-corrected chi connectivity index (χ1v) is 5.30. The van der Waals surface area contributed by atoms with Crippen LogP contribution in [0, 0.1) is 5.92 Å². The number of carbonyl (C=O) groups is 1. The Hall–Kier alpha value is -1.49. The maximum absolute atomic E-state index is 11.6. The molecule has 1 aromatic rings. The Kier molecular flexibility index (Phi) is 3.68. The van der Waals surface area contributed by atoms with E-state index < -0.39 is 6.61 Å². The van der Waals surface area contributed by atoms with Gasteiger partial charge >= 0.3 is 6.61 Å². The predicted molar refractivity (Wildman–Crippen MR) is 56.3 cm³/mol. The lowest BCUT2D eigenvalue weighted by molar-refractivity contribution is -0.0498. The quantitative estimate of drug-likeness (QED) is 0.764. The van der Waals surface area contributed by atoms with Crippen LogP contribution >= 0.6 is 0 Å². The number of hydrogen-bond donors (Lipinski definition) is 0. The number of alkyl halides is 2. The molecule has 2 fully saturated rings. The van der Waals surface area contributed by atoms with Crippen LogP contribution in [0.15, 0.2) is 24.3 Å². The van der Waals surface area contributed by atoms with Crippen LogP contribution in [0.5, 0.6) is 5.75 Å². The molecule has 0 radical (unpaired) electrons. The largest absolute Gasteiger partial charge is 0.435 e. The van der Waals surface area contributed by atoms with E-state index in [-0.39, 0.29) is 5.75 Å². The summed E-state index contributed by atoms with van der Waals surface area (Å²) in [4.78, 5) is 10.2. The van der Waals surface area contributed by atoms with Crippen LogP contribution < -0.4 is 4.74 Å². The summed E-state index contributed by atoms with van der Waals surface area (Å²) in [6, 6.07) is 5.45. The van der Waals surface area contributed by atoms with Crippen molar-refractivity contribution < 1.29 is 23.0 Å². The number of fused-ring (bicyclic) bond motifs is 1. The Balaban J connectivity index is 0.000000174. The summed E-state index contributed by atoms with van der Waals surface area (Å²) in [5.41, 5.74) is 0.427. The van der Waals surface area contributed by atoms with Crippen LogP contribution in [0.25, 0.3) is 0 Å². The minimum absolute atomic E-state index is 0.0515. The minimum Gasteiger partial charge on any atom is -0.435 e. The summed E-state index contributed by atoms with van der Waals surface area (Å²) in [5, 5.41) is 0. The molecule has 0 bridgehead atoms. The second-order valence-electron chi connectivity index (χ2n) is 3.93. The van der Waals surface area contributed by atoms with E-state index in [4.69, 9.17) is 4.74 Å². The highest BCUT2D eigenvalue weighted by Gasteiger charge is 2.46. The van der Waals surface area contributed by atoms with Crippen LogP contribution in [0.4, 0.5) is 8.78 Å². The predicted octanol–water partition coefficient (Wildman–Crippen LogP) is 2.51. The van der Waals surface area contributed by atoms with Crippen LogP contribution in [0.2, 0.25) is 0 Å². The van der Waals surface area contributed by atoms with Gasteiger partial charge in [0.1, 0.15) is 12.0 Å². The zero-order valence-electron chi connectivity index (χ0n) is 9.01. The van der Waals surface area contributed by atoms with Crippen LogP contribution in [-0.2, 0) is 4.74 Å². The van der Waals surface area contributed by atoms with E-state index in [0.717, 1.165) is 18.6 Å². The lowest BCUT2D eigenvalue weighted by atomic mass is 10.2. The Morgan fingerprint density at radius 1 is 1.35 bits per heavy atom. The fourth-order valence-electron chi connectivity index (χ4n) is 1.45. The highest BCUT2D eigenvalue weighted by Crippen LogP contribution is 2.42. The molecule has 17 heavy (non-hydrogen) atoms. The molecule has 2 aliphatic rings. The van der Waals surface area contributed by atoms with Gasteiger partial charge < -0.3 is 9.47 Å². The molecule has 0 amide bonds. The molecule has 3 nitrogen and oxygen atoms in total. The van der Waals surface area contributed by atoms with Gasteiger partial charge in [-0.25, -0.2) is 0 Å². The monoisotopic (exact) mass is 242 g/mol. The molecule has 0 N–H and O–H groups in total. The van der Waals surface area contributed by atoms with Gasteiger partial charge in [0.15, 0.2) is 0 Å². The van der Waals surface area contributed by atoms with Gasteiger partial charge in [0, 0.05) is 11.5 Å². The smallest absolute Gasteiger partial charge is 0.387 e. The van der Waals surface area contributed by atoms with Gasteiger partial charge in [-0.05, 0) is 30.7 Å². The highest BCUT2D eigenvalue weighted by atomic mass is 19.3. The molecular formula is C12H12F2O3. The first-order chi connectivity index (χ1) is 8.19. The Bertz CT molecular complexity index is 366. The van der Waals surface area contributed by atoms with E-state index in [2.05, 4.69) is 4.74 Å². The topological polar surface area (TPSA) is 35.5 Å². The van der Waals surface area contributed by atoms with Crippen molar-refractivity contribution in [1.29, 1.82) is 0 Å². The molecule has 1 aromatic carbocycles. The molecule has 1 heterocycles.